The number of nitrogens with one attached hydrogen (secondary N) is 1. The van der Waals surface area contributed by atoms with Crippen LogP contribution in [0.25, 0.3) is 5.57 Å². The van der Waals surface area contributed by atoms with Crippen LogP contribution in [0, 0.1) is 11.6 Å². The molecule has 0 amide bonds. The van der Waals surface area contributed by atoms with Gasteiger partial charge in [-0.1, -0.05) is 18.2 Å². The van der Waals surface area contributed by atoms with E-state index in [9.17, 15) is 17.6 Å². The molecule has 7 heteroatoms. The molecule has 0 atom stereocenters. The number of allylic oxidation sites excluding steroid dienone is 2. The van der Waals surface area contributed by atoms with E-state index >= 15 is 0 Å². The fourth-order valence-corrected chi connectivity index (χ4v) is 2.19. The van der Waals surface area contributed by atoms with E-state index in [-0.39, 0.29) is 12.1 Å². The molecule has 0 aliphatic carbocycles. The van der Waals surface area contributed by atoms with Crippen molar-refractivity contribution in [1.29, 1.82) is 0 Å². The maximum absolute atomic E-state index is 13.6. The van der Waals surface area contributed by atoms with Gasteiger partial charge in [0.1, 0.15) is 11.6 Å². The van der Waals surface area contributed by atoms with Crippen molar-refractivity contribution in [2.24, 2.45) is 10.7 Å². The van der Waals surface area contributed by atoms with Gasteiger partial charge in [-0.15, -0.1) is 0 Å². The second-order valence-electron chi connectivity index (χ2n) is 5.28. The number of nitrogens with zero attached hydrogens (tertiary/aromatic N) is 1. The summed E-state index contributed by atoms with van der Waals surface area (Å²) in [6.07, 6.45) is 1.02. The lowest BCUT2D eigenvalue weighted by Crippen LogP contribution is -2.05. The molecule has 0 saturated carbocycles. The van der Waals surface area contributed by atoms with Crippen molar-refractivity contribution in [2.75, 3.05) is 5.32 Å². The van der Waals surface area contributed by atoms with Crippen molar-refractivity contribution in [3.63, 3.8) is 0 Å². The van der Waals surface area contributed by atoms with E-state index in [2.05, 4.69) is 10.3 Å². The van der Waals surface area contributed by atoms with Crippen LogP contribution in [0.2, 0.25) is 0 Å². The minimum absolute atomic E-state index is 0.0245. The number of hydrogen-bond donors (Lipinski definition) is 2. The first kappa shape index (κ1) is 18.5. The highest BCUT2D eigenvalue weighted by Crippen LogP contribution is 2.20. The van der Waals surface area contributed by atoms with Crippen LogP contribution in [-0.4, -0.2) is 12.8 Å². The number of nitrogens with two attached hydrogens (primary N) is 1. The topological polar surface area (TPSA) is 50.4 Å². The molecular formula is C18H17F4N3. The summed E-state index contributed by atoms with van der Waals surface area (Å²) in [5, 5.41) is 2.91. The van der Waals surface area contributed by atoms with Gasteiger partial charge in [0.25, 0.3) is 0 Å². The Morgan fingerprint density at radius 1 is 1.12 bits per heavy atom. The molecular weight excluding hydrogens is 334 g/mol. The van der Waals surface area contributed by atoms with Gasteiger partial charge in [-0.2, -0.15) is 8.78 Å². The molecule has 0 heterocycles. The van der Waals surface area contributed by atoms with Gasteiger partial charge in [0.2, 0.25) is 0 Å². The van der Waals surface area contributed by atoms with Crippen LogP contribution in [-0.2, 0) is 6.54 Å². The lowest BCUT2D eigenvalue weighted by atomic mass is 10.0. The molecule has 132 valence electrons. The van der Waals surface area contributed by atoms with Crippen LogP contribution in [0.15, 0.2) is 53.2 Å². The third-order valence-corrected chi connectivity index (χ3v) is 3.47. The van der Waals surface area contributed by atoms with E-state index in [0.29, 0.717) is 22.5 Å². The lowest BCUT2D eigenvalue weighted by molar-refractivity contribution is 0.161. The SMILES string of the molecule is C/C(N)=C(/C=N/C(F)F)c1ccc(NCc2c(F)cccc2F)cc1. The lowest BCUT2D eigenvalue weighted by Gasteiger charge is -2.10. The van der Waals surface area contributed by atoms with Crippen molar-refractivity contribution >= 4 is 17.5 Å². The average Bonchev–Trinajstić information content (AvgIpc) is 2.55. The quantitative estimate of drug-likeness (QED) is 0.455. The number of anilines is 1. The van der Waals surface area contributed by atoms with Crippen LogP contribution in [0.5, 0.6) is 0 Å². The predicted octanol–water partition coefficient (Wildman–Crippen LogP) is 4.56. The Morgan fingerprint density at radius 2 is 1.72 bits per heavy atom. The van der Waals surface area contributed by atoms with Crippen LogP contribution in [0.1, 0.15) is 18.1 Å². The van der Waals surface area contributed by atoms with Crippen molar-refractivity contribution in [1.82, 2.24) is 0 Å². The predicted molar refractivity (Wildman–Crippen MR) is 91.4 cm³/mol. The summed E-state index contributed by atoms with van der Waals surface area (Å²) in [7, 11) is 0. The fraction of sp³-hybridized carbons (Fsp3) is 0.167. The molecule has 2 aromatic carbocycles. The molecule has 0 spiro atoms. The van der Waals surface area contributed by atoms with E-state index in [4.69, 9.17) is 5.73 Å². The Labute approximate surface area is 142 Å². The minimum atomic E-state index is -2.81. The molecule has 3 N–H and O–H groups in total. The third kappa shape index (κ3) is 5.07. The number of alkyl halides is 2. The first-order valence-electron chi connectivity index (χ1n) is 7.43. The molecule has 25 heavy (non-hydrogen) atoms. The van der Waals surface area contributed by atoms with Crippen LogP contribution in [0.3, 0.4) is 0 Å². The van der Waals surface area contributed by atoms with Gasteiger partial charge < -0.3 is 11.1 Å². The van der Waals surface area contributed by atoms with Gasteiger partial charge >= 0.3 is 6.55 Å². The summed E-state index contributed by atoms with van der Waals surface area (Å²) < 4.78 is 51.6. The Bertz CT molecular complexity index is 759. The summed E-state index contributed by atoms with van der Waals surface area (Å²) in [6.45, 7) is -1.26. The highest BCUT2D eigenvalue weighted by atomic mass is 19.3. The maximum atomic E-state index is 13.6. The smallest absolute Gasteiger partial charge is 0.331 e. The average molecular weight is 351 g/mol. The monoisotopic (exact) mass is 351 g/mol. The Balaban J connectivity index is 2.13. The Hall–Kier alpha value is -2.83. The van der Waals surface area contributed by atoms with Gasteiger partial charge in [0.05, 0.1) is 0 Å². The molecule has 0 aliphatic heterocycles. The molecule has 0 aromatic heterocycles. The van der Waals surface area contributed by atoms with E-state index in [1.54, 1.807) is 31.2 Å². The first-order valence-corrected chi connectivity index (χ1v) is 7.43. The molecule has 2 aromatic rings. The largest absolute Gasteiger partial charge is 0.402 e. The summed E-state index contributed by atoms with van der Waals surface area (Å²) in [5.74, 6) is -1.26. The zero-order valence-corrected chi connectivity index (χ0v) is 13.4. The first-order chi connectivity index (χ1) is 11.9. The number of aliphatic imine (C=N–C) groups is 1. The summed E-state index contributed by atoms with van der Waals surface area (Å²) in [5.41, 5.74) is 7.59. The number of benzene rings is 2. The number of halogens is 4. The highest BCUT2D eigenvalue weighted by Gasteiger charge is 2.08. The van der Waals surface area contributed by atoms with E-state index in [1.807, 2.05) is 0 Å². The molecule has 0 aliphatic rings. The van der Waals surface area contributed by atoms with Crippen molar-refractivity contribution < 1.29 is 17.6 Å². The van der Waals surface area contributed by atoms with E-state index in [1.165, 1.54) is 18.2 Å². The van der Waals surface area contributed by atoms with Gasteiger partial charge in [0, 0.05) is 35.3 Å². The van der Waals surface area contributed by atoms with Crippen molar-refractivity contribution in [3.8, 4) is 0 Å². The molecule has 0 fully saturated rings. The number of rotatable bonds is 6. The number of hydrogen-bond acceptors (Lipinski definition) is 3. The molecule has 0 bridgehead atoms. The standard InChI is InChI=1S/C18H17F4N3/c1-11(23)14(9-25-18(21)22)12-5-7-13(8-6-12)24-10-15-16(19)3-2-4-17(15)20/h2-9,18,24H,10,23H2,1H3/b14-11+,25-9+. The van der Waals surface area contributed by atoms with Crippen molar-refractivity contribution in [3.05, 3.63) is 70.9 Å². The summed E-state index contributed by atoms with van der Waals surface area (Å²) in [6, 6.07) is 10.3. The zero-order valence-electron chi connectivity index (χ0n) is 13.4. The minimum Gasteiger partial charge on any atom is -0.402 e. The molecule has 0 unspecified atom stereocenters. The highest BCUT2D eigenvalue weighted by molar-refractivity contribution is 6.10. The zero-order chi connectivity index (χ0) is 18.4. The third-order valence-electron chi connectivity index (χ3n) is 3.47. The van der Waals surface area contributed by atoms with Crippen LogP contribution in [0.4, 0.5) is 23.2 Å². The molecule has 3 nitrogen and oxygen atoms in total. The second kappa shape index (κ2) is 8.32. The Kier molecular flexibility index (Phi) is 6.16. The van der Waals surface area contributed by atoms with Gasteiger partial charge in [-0.05, 0) is 36.8 Å². The molecule has 0 saturated heterocycles. The van der Waals surface area contributed by atoms with Crippen molar-refractivity contribution in [2.45, 2.75) is 20.0 Å². The fourth-order valence-electron chi connectivity index (χ4n) is 2.19. The normalized spacial score (nSPS) is 12.6. The van der Waals surface area contributed by atoms with E-state index < -0.39 is 18.2 Å². The molecule has 2 rings (SSSR count). The summed E-state index contributed by atoms with van der Waals surface area (Å²) in [4.78, 5) is 3.05. The van der Waals surface area contributed by atoms with Gasteiger partial charge in [0.15, 0.2) is 0 Å². The Morgan fingerprint density at radius 3 is 2.24 bits per heavy atom. The summed E-state index contributed by atoms with van der Waals surface area (Å²) >= 11 is 0. The van der Waals surface area contributed by atoms with Gasteiger partial charge in [-0.3, -0.25) is 0 Å². The second-order valence-corrected chi connectivity index (χ2v) is 5.28. The van der Waals surface area contributed by atoms with Crippen LogP contribution < -0.4 is 11.1 Å². The maximum Gasteiger partial charge on any atom is 0.331 e. The molecule has 0 radical (unpaired) electrons. The van der Waals surface area contributed by atoms with E-state index in [0.717, 1.165) is 6.21 Å². The van der Waals surface area contributed by atoms with Crippen LogP contribution >= 0.6 is 0 Å². The van der Waals surface area contributed by atoms with Gasteiger partial charge in [-0.25, -0.2) is 13.8 Å².